The molecular formula is C7H12O4. The quantitative estimate of drug-likeness (QED) is 0.603. The highest BCUT2D eigenvalue weighted by Gasteiger charge is 2.25. The van der Waals surface area contributed by atoms with E-state index in [1.54, 1.807) is 0 Å². The molecule has 0 aromatic rings. The third-order valence-corrected chi connectivity index (χ3v) is 1.89. The van der Waals surface area contributed by atoms with E-state index in [2.05, 4.69) is 0 Å². The van der Waals surface area contributed by atoms with Crippen molar-refractivity contribution in [3.05, 3.63) is 0 Å². The third-order valence-electron chi connectivity index (χ3n) is 1.89. The summed E-state index contributed by atoms with van der Waals surface area (Å²) < 4.78 is 5.01. The summed E-state index contributed by atoms with van der Waals surface area (Å²) >= 11 is 0. The average molecular weight is 160 g/mol. The van der Waals surface area contributed by atoms with Crippen molar-refractivity contribution in [2.45, 2.75) is 18.9 Å². The van der Waals surface area contributed by atoms with Crippen LogP contribution >= 0.6 is 0 Å². The molecule has 1 saturated heterocycles. The molecule has 0 bridgehead atoms. The van der Waals surface area contributed by atoms with E-state index in [1.807, 2.05) is 0 Å². The Hall–Kier alpha value is -0.610. The van der Waals surface area contributed by atoms with Crippen molar-refractivity contribution in [1.82, 2.24) is 0 Å². The molecule has 1 aliphatic heterocycles. The van der Waals surface area contributed by atoms with E-state index in [0.717, 1.165) is 6.42 Å². The van der Waals surface area contributed by atoms with Crippen molar-refractivity contribution in [3.63, 3.8) is 0 Å². The fraction of sp³-hybridized carbons (Fsp3) is 0.857. The van der Waals surface area contributed by atoms with Crippen LogP contribution < -0.4 is 0 Å². The first-order valence-electron chi connectivity index (χ1n) is 3.67. The summed E-state index contributed by atoms with van der Waals surface area (Å²) in [5, 5.41) is 17.6. The first-order valence-corrected chi connectivity index (χ1v) is 3.67. The second-order valence-electron chi connectivity index (χ2n) is 2.79. The van der Waals surface area contributed by atoms with Crippen LogP contribution in [0.15, 0.2) is 0 Å². The summed E-state index contributed by atoms with van der Waals surface area (Å²) in [6, 6.07) is 0. The maximum absolute atomic E-state index is 10.2. The molecule has 0 aromatic heterocycles. The number of aliphatic hydroxyl groups is 1. The summed E-state index contributed by atoms with van der Waals surface area (Å²) in [6.45, 7) is 1.13. The van der Waals surface area contributed by atoms with Gasteiger partial charge in [-0.25, -0.2) is 0 Å². The minimum absolute atomic E-state index is 0.0195. The highest BCUT2D eigenvalue weighted by atomic mass is 16.5. The van der Waals surface area contributed by atoms with Crippen molar-refractivity contribution in [3.8, 4) is 0 Å². The number of hydrogen-bond acceptors (Lipinski definition) is 3. The number of aliphatic carboxylic acids is 1. The van der Waals surface area contributed by atoms with Crippen molar-refractivity contribution in [2.24, 2.45) is 5.92 Å². The van der Waals surface area contributed by atoms with Gasteiger partial charge in [-0.05, 0) is 6.42 Å². The van der Waals surface area contributed by atoms with Gasteiger partial charge in [0.2, 0.25) is 0 Å². The predicted octanol–water partition coefficient (Wildman–Crippen LogP) is -0.141. The van der Waals surface area contributed by atoms with Gasteiger partial charge in [0.1, 0.15) is 0 Å². The van der Waals surface area contributed by atoms with Crippen LogP contribution in [0, 0.1) is 5.92 Å². The Morgan fingerprint density at radius 2 is 2.45 bits per heavy atom. The number of ether oxygens (including phenoxy) is 1. The lowest BCUT2D eigenvalue weighted by Crippen LogP contribution is -2.23. The molecule has 0 amide bonds. The molecule has 0 aliphatic carbocycles. The Kier molecular flexibility index (Phi) is 2.84. The number of aliphatic hydroxyl groups excluding tert-OH is 1. The van der Waals surface area contributed by atoms with Gasteiger partial charge in [-0.3, -0.25) is 4.79 Å². The van der Waals surface area contributed by atoms with Crippen molar-refractivity contribution >= 4 is 5.97 Å². The molecule has 4 heteroatoms. The van der Waals surface area contributed by atoms with E-state index in [4.69, 9.17) is 9.84 Å². The van der Waals surface area contributed by atoms with Gasteiger partial charge in [0.15, 0.2) is 0 Å². The third kappa shape index (κ3) is 2.48. The Morgan fingerprint density at radius 1 is 1.73 bits per heavy atom. The lowest BCUT2D eigenvalue weighted by Gasteiger charge is -2.13. The zero-order valence-electron chi connectivity index (χ0n) is 6.19. The molecule has 11 heavy (non-hydrogen) atoms. The van der Waals surface area contributed by atoms with Crippen LogP contribution in [-0.2, 0) is 9.53 Å². The number of carbonyl (C=O) groups is 1. The lowest BCUT2D eigenvalue weighted by molar-refractivity contribution is -0.139. The second-order valence-corrected chi connectivity index (χ2v) is 2.79. The van der Waals surface area contributed by atoms with Gasteiger partial charge < -0.3 is 14.9 Å². The lowest BCUT2D eigenvalue weighted by atomic mass is 9.99. The molecule has 0 aromatic carbocycles. The van der Waals surface area contributed by atoms with E-state index in [1.165, 1.54) is 0 Å². The molecule has 1 fully saturated rings. The average Bonchev–Trinajstić information content (AvgIpc) is 2.35. The first kappa shape index (κ1) is 8.49. The monoisotopic (exact) mass is 160 g/mol. The van der Waals surface area contributed by atoms with Gasteiger partial charge in [0.05, 0.1) is 19.1 Å². The number of rotatable bonds is 3. The highest BCUT2D eigenvalue weighted by Crippen LogP contribution is 2.18. The molecule has 2 atom stereocenters. The highest BCUT2D eigenvalue weighted by molar-refractivity contribution is 5.67. The smallest absolute Gasteiger partial charge is 0.305 e. The summed E-state index contributed by atoms with van der Waals surface area (Å²) in [6.07, 6.45) is -0.141. The molecule has 2 N–H and O–H groups in total. The fourth-order valence-electron chi connectivity index (χ4n) is 1.20. The van der Waals surface area contributed by atoms with Gasteiger partial charge in [-0.1, -0.05) is 0 Å². The van der Waals surface area contributed by atoms with E-state index < -0.39 is 12.1 Å². The Balaban J connectivity index is 2.28. The van der Waals surface area contributed by atoms with Crippen LogP contribution in [0.1, 0.15) is 12.8 Å². The molecule has 64 valence electrons. The second kappa shape index (κ2) is 3.69. The van der Waals surface area contributed by atoms with E-state index in [0.29, 0.717) is 13.2 Å². The Labute approximate surface area is 64.8 Å². The number of carboxylic acids is 1. The molecule has 1 aliphatic rings. The normalized spacial score (nSPS) is 26.8. The van der Waals surface area contributed by atoms with Crippen LogP contribution in [0.2, 0.25) is 0 Å². The fourth-order valence-corrected chi connectivity index (χ4v) is 1.20. The van der Waals surface area contributed by atoms with Gasteiger partial charge >= 0.3 is 5.97 Å². The van der Waals surface area contributed by atoms with Crippen LogP contribution in [0.3, 0.4) is 0 Å². The summed E-state index contributed by atoms with van der Waals surface area (Å²) in [7, 11) is 0. The summed E-state index contributed by atoms with van der Waals surface area (Å²) in [4.78, 5) is 10.2. The van der Waals surface area contributed by atoms with E-state index >= 15 is 0 Å². The predicted molar refractivity (Wildman–Crippen MR) is 37.2 cm³/mol. The van der Waals surface area contributed by atoms with Gasteiger partial charge in [-0.2, -0.15) is 0 Å². The van der Waals surface area contributed by atoms with E-state index in [9.17, 15) is 9.90 Å². The van der Waals surface area contributed by atoms with Gasteiger partial charge in [-0.15, -0.1) is 0 Å². The van der Waals surface area contributed by atoms with Crippen molar-refractivity contribution in [2.75, 3.05) is 13.2 Å². The zero-order chi connectivity index (χ0) is 8.27. The summed E-state index contributed by atoms with van der Waals surface area (Å²) in [5.41, 5.74) is 0. The largest absolute Gasteiger partial charge is 0.481 e. The molecule has 4 nitrogen and oxygen atoms in total. The van der Waals surface area contributed by atoms with Crippen molar-refractivity contribution < 1.29 is 19.7 Å². The van der Waals surface area contributed by atoms with Crippen molar-refractivity contribution in [1.29, 1.82) is 0 Å². The molecule has 1 heterocycles. The standard InChI is InChI=1S/C7H12O4/c8-6(3-7(9)10)5-1-2-11-4-5/h5-6,8H,1-4H2,(H,9,10). The minimum atomic E-state index is -0.954. The first-order chi connectivity index (χ1) is 5.20. The zero-order valence-corrected chi connectivity index (χ0v) is 6.19. The number of carboxylic acid groups (broad SMARTS) is 1. The topological polar surface area (TPSA) is 66.8 Å². The van der Waals surface area contributed by atoms with Crippen LogP contribution in [0.5, 0.6) is 0 Å². The molecule has 0 radical (unpaired) electrons. The molecule has 0 saturated carbocycles. The molecule has 0 spiro atoms. The molecular weight excluding hydrogens is 148 g/mol. The van der Waals surface area contributed by atoms with Gasteiger partial charge in [0.25, 0.3) is 0 Å². The van der Waals surface area contributed by atoms with Crippen LogP contribution in [-0.4, -0.2) is 35.5 Å². The van der Waals surface area contributed by atoms with Crippen LogP contribution in [0.25, 0.3) is 0 Å². The maximum atomic E-state index is 10.2. The number of hydrogen-bond donors (Lipinski definition) is 2. The maximum Gasteiger partial charge on any atom is 0.305 e. The summed E-state index contributed by atoms with van der Waals surface area (Å²) in [5.74, 6) is -0.935. The Morgan fingerprint density at radius 3 is 2.91 bits per heavy atom. The van der Waals surface area contributed by atoms with Crippen LogP contribution in [0.4, 0.5) is 0 Å². The molecule has 1 rings (SSSR count). The van der Waals surface area contributed by atoms with Gasteiger partial charge in [0, 0.05) is 12.5 Å². The molecule has 2 unspecified atom stereocenters. The van der Waals surface area contributed by atoms with E-state index in [-0.39, 0.29) is 12.3 Å². The Bertz CT molecular complexity index is 139. The SMILES string of the molecule is O=C(O)CC(O)C1CCOC1. The minimum Gasteiger partial charge on any atom is -0.481 e.